The van der Waals surface area contributed by atoms with Crippen molar-refractivity contribution >= 4 is 19.5 Å². The number of aldehydes is 1. The molecule has 0 aliphatic rings. The number of carbonyl (C=O) groups is 2. The summed E-state index contributed by atoms with van der Waals surface area (Å²) in [5, 5.41) is 8.31. The van der Waals surface area contributed by atoms with Crippen molar-refractivity contribution in [3.05, 3.63) is 0 Å². The van der Waals surface area contributed by atoms with Crippen molar-refractivity contribution in [2.24, 2.45) is 5.92 Å². The monoisotopic (exact) mass is 429 g/mol. The van der Waals surface area contributed by atoms with Crippen LogP contribution in [0.25, 0.3) is 0 Å². The maximum absolute atomic E-state index is 10.9. The van der Waals surface area contributed by atoms with Gasteiger partial charge in [-0.2, -0.15) is 5.26 Å². The number of rotatable bonds is 14. The molecule has 5 heteroatoms. The summed E-state index contributed by atoms with van der Waals surface area (Å²) in [6.07, 6.45) is 18.4. The van der Waals surface area contributed by atoms with Crippen LogP contribution in [0.4, 0.5) is 0 Å². The standard InChI is InChI=1S/C16H37P.C8H11NO3/c1-5-9-13-17(14-10-6-2,15-11-7-3)16-12-8-4;1-8(2,3)12-7(11)6(4-9)5-10/h17H,5-16H2,1-4H3;5-6H,1-3H3. The Balaban J connectivity index is 0. The number of hydrogen-bond acceptors (Lipinski definition) is 4. The third-order valence-electron chi connectivity index (χ3n) is 5.18. The van der Waals surface area contributed by atoms with Crippen molar-refractivity contribution < 1.29 is 14.3 Å². The van der Waals surface area contributed by atoms with E-state index in [9.17, 15) is 9.59 Å². The molecule has 0 aliphatic carbocycles. The van der Waals surface area contributed by atoms with Gasteiger partial charge in [0.1, 0.15) is 11.9 Å². The van der Waals surface area contributed by atoms with E-state index in [0.717, 1.165) is 0 Å². The van der Waals surface area contributed by atoms with Gasteiger partial charge in [0.25, 0.3) is 0 Å². The number of ether oxygens (including phenoxy) is 1. The quantitative estimate of drug-likeness (QED) is 0.135. The molecule has 0 N–H and O–H groups in total. The van der Waals surface area contributed by atoms with Gasteiger partial charge in [0.05, 0.1) is 6.07 Å². The summed E-state index contributed by atoms with van der Waals surface area (Å²) in [5.74, 6) is -2.09. The van der Waals surface area contributed by atoms with Crippen LogP contribution in [0.15, 0.2) is 0 Å². The van der Waals surface area contributed by atoms with Crippen LogP contribution in [0.1, 0.15) is 99.8 Å². The maximum atomic E-state index is 10.9. The number of nitriles is 1. The summed E-state index contributed by atoms with van der Waals surface area (Å²) in [5.41, 5.74) is -0.658. The van der Waals surface area contributed by atoms with Crippen molar-refractivity contribution in [3.8, 4) is 6.07 Å². The van der Waals surface area contributed by atoms with E-state index in [1.165, 1.54) is 57.4 Å². The van der Waals surface area contributed by atoms with Crippen LogP contribution in [-0.2, 0) is 14.3 Å². The van der Waals surface area contributed by atoms with Crippen molar-refractivity contribution in [1.29, 1.82) is 5.26 Å². The number of esters is 1. The molecular weight excluding hydrogens is 381 g/mol. The molecule has 4 nitrogen and oxygen atoms in total. The van der Waals surface area contributed by atoms with Gasteiger partial charge in [0.15, 0.2) is 5.92 Å². The molecular formula is C24H48NO3P. The van der Waals surface area contributed by atoms with Gasteiger partial charge in [-0.1, -0.05) is 0 Å². The van der Waals surface area contributed by atoms with E-state index in [0.29, 0.717) is 0 Å². The Morgan fingerprint density at radius 2 is 1.24 bits per heavy atom. The van der Waals surface area contributed by atoms with E-state index in [1.807, 2.05) is 0 Å². The molecule has 0 fully saturated rings. The molecule has 0 aromatic carbocycles. The van der Waals surface area contributed by atoms with Gasteiger partial charge in [-0.25, -0.2) is 0 Å². The molecule has 1 atom stereocenters. The summed E-state index contributed by atoms with van der Waals surface area (Å²) < 4.78 is 4.79. The second-order valence-electron chi connectivity index (χ2n) is 9.19. The summed E-state index contributed by atoms with van der Waals surface area (Å²) in [6, 6.07) is 1.53. The van der Waals surface area contributed by atoms with Crippen molar-refractivity contribution in [2.75, 3.05) is 24.6 Å². The topological polar surface area (TPSA) is 67.2 Å². The first-order chi connectivity index (χ1) is 13.6. The van der Waals surface area contributed by atoms with Crippen LogP contribution >= 0.6 is 7.26 Å². The Hall–Kier alpha value is -0.940. The van der Waals surface area contributed by atoms with E-state index in [2.05, 4.69) is 27.7 Å². The molecule has 0 aliphatic heterocycles. The SMILES string of the molecule is CC(C)(C)OC(=O)C(C#N)C=O.CCCC[PH](CCCC)(CCCC)CCCC. The molecule has 0 rings (SSSR count). The third-order valence-corrected chi connectivity index (χ3v) is 10.8. The van der Waals surface area contributed by atoms with Gasteiger partial charge >= 0.3 is 117 Å². The Morgan fingerprint density at radius 1 is 0.897 bits per heavy atom. The van der Waals surface area contributed by atoms with E-state index < -0.39 is 24.8 Å². The van der Waals surface area contributed by atoms with Crippen LogP contribution in [0, 0.1) is 17.2 Å². The first-order valence-corrected chi connectivity index (χ1v) is 14.6. The summed E-state index contributed by atoms with van der Waals surface area (Å²) in [6.45, 7) is 14.5. The van der Waals surface area contributed by atoms with Crippen LogP contribution < -0.4 is 0 Å². The zero-order chi connectivity index (χ0) is 22.8. The average molecular weight is 430 g/mol. The van der Waals surface area contributed by atoms with Crippen LogP contribution in [-0.4, -0.2) is 42.5 Å². The Labute approximate surface area is 181 Å². The second-order valence-corrected chi connectivity index (χ2v) is 14.2. The fourth-order valence-corrected chi connectivity index (χ4v) is 9.38. The molecule has 0 spiro atoms. The number of nitrogens with zero attached hydrogens (tertiary/aromatic N) is 1. The molecule has 0 bridgehead atoms. The molecule has 0 aromatic rings. The van der Waals surface area contributed by atoms with Crippen molar-refractivity contribution in [3.63, 3.8) is 0 Å². The van der Waals surface area contributed by atoms with Crippen LogP contribution in [0.3, 0.4) is 0 Å². The number of carbonyl (C=O) groups excluding carboxylic acids is 2. The average Bonchev–Trinajstić information content (AvgIpc) is 2.67. The van der Waals surface area contributed by atoms with E-state index in [-0.39, 0.29) is 6.29 Å². The summed E-state index contributed by atoms with van der Waals surface area (Å²) >= 11 is 0. The molecule has 0 saturated carbocycles. The predicted octanol–water partition coefficient (Wildman–Crippen LogP) is 6.60. The molecule has 1 unspecified atom stereocenters. The Kier molecular flexibility index (Phi) is 18.7. The molecule has 29 heavy (non-hydrogen) atoms. The normalized spacial score (nSPS) is 12.9. The first kappa shape index (κ1) is 30.3. The number of hydrogen-bond donors (Lipinski definition) is 0. The molecule has 172 valence electrons. The second kappa shape index (κ2) is 17.9. The van der Waals surface area contributed by atoms with Crippen LogP contribution in [0.5, 0.6) is 0 Å². The Bertz CT molecular complexity index is 428. The van der Waals surface area contributed by atoms with Crippen molar-refractivity contribution in [2.45, 2.75) is 105 Å². The van der Waals surface area contributed by atoms with Gasteiger partial charge in [-0.05, 0) is 20.8 Å². The van der Waals surface area contributed by atoms with Gasteiger partial charge in [-0.15, -0.1) is 0 Å². The van der Waals surface area contributed by atoms with E-state index in [1.54, 1.807) is 45.4 Å². The van der Waals surface area contributed by atoms with E-state index in [4.69, 9.17) is 10.00 Å². The molecule has 0 saturated heterocycles. The minimum absolute atomic E-state index is 0.272. The molecule has 0 radical (unpaired) electrons. The van der Waals surface area contributed by atoms with Crippen molar-refractivity contribution in [1.82, 2.24) is 0 Å². The predicted molar refractivity (Wildman–Crippen MR) is 128 cm³/mol. The van der Waals surface area contributed by atoms with E-state index >= 15 is 0 Å². The van der Waals surface area contributed by atoms with Gasteiger partial charge in [0, 0.05) is 0 Å². The minimum atomic E-state index is -1.30. The summed E-state index contributed by atoms with van der Waals surface area (Å²) in [4.78, 5) is 21.1. The number of unbranched alkanes of at least 4 members (excludes halogenated alkanes) is 4. The van der Waals surface area contributed by atoms with Gasteiger partial charge < -0.3 is 9.53 Å². The first-order valence-electron chi connectivity index (χ1n) is 11.7. The molecule has 0 aromatic heterocycles. The Morgan fingerprint density at radius 3 is 1.45 bits per heavy atom. The summed E-state index contributed by atoms with van der Waals surface area (Å²) in [7, 11) is -0.879. The van der Waals surface area contributed by atoms with Crippen LogP contribution in [0.2, 0.25) is 0 Å². The zero-order valence-electron chi connectivity index (χ0n) is 20.3. The third kappa shape index (κ3) is 16.5. The molecule has 0 heterocycles. The zero-order valence-corrected chi connectivity index (χ0v) is 21.3. The van der Waals surface area contributed by atoms with Gasteiger partial charge in [-0.3, -0.25) is 4.79 Å². The van der Waals surface area contributed by atoms with Gasteiger partial charge in [0.2, 0.25) is 0 Å². The molecule has 0 amide bonds. The fraction of sp³-hybridized carbons (Fsp3) is 0.875. The fourth-order valence-electron chi connectivity index (χ4n) is 3.46.